The van der Waals surface area contributed by atoms with E-state index >= 15 is 0 Å². The highest BCUT2D eigenvalue weighted by Crippen LogP contribution is 2.21. The summed E-state index contributed by atoms with van der Waals surface area (Å²) in [4.78, 5) is 20.7. The molecule has 1 amide bonds. The first-order chi connectivity index (χ1) is 12.1. The van der Waals surface area contributed by atoms with E-state index < -0.39 is 0 Å². The van der Waals surface area contributed by atoms with Gasteiger partial charge in [-0.05, 0) is 14.1 Å². The third-order valence-electron chi connectivity index (χ3n) is 4.71. The van der Waals surface area contributed by atoms with E-state index in [0.717, 1.165) is 5.56 Å². The van der Waals surface area contributed by atoms with Crippen molar-refractivity contribution in [2.75, 3.05) is 33.8 Å². The van der Waals surface area contributed by atoms with Crippen molar-refractivity contribution in [3.8, 4) is 11.4 Å². The molecule has 2 atom stereocenters. The van der Waals surface area contributed by atoms with Gasteiger partial charge in [0.2, 0.25) is 17.6 Å². The van der Waals surface area contributed by atoms with Crippen LogP contribution in [-0.4, -0.2) is 70.8 Å². The number of hydrogen-bond donors (Lipinski definition) is 1. The number of aliphatic hydroxyl groups is 1. The quantitative estimate of drug-likeness (QED) is 0.843. The molecule has 1 aromatic heterocycles. The van der Waals surface area contributed by atoms with Gasteiger partial charge in [-0.3, -0.25) is 4.79 Å². The number of amides is 1. The third kappa shape index (κ3) is 4.05. The summed E-state index contributed by atoms with van der Waals surface area (Å²) in [7, 11) is 3.95. The van der Waals surface area contributed by atoms with E-state index in [9.17, 15) is 9.90 Å². The van der Waals surface area contributed by atoms with Crippen LogP contribution in [0.25, 0.3) is 11.4 Å². The first-order valence-corrected chi connectivity index (χ1v) is 8.51. The smallest absolute Gasteiger partial charge is 0.227 e. The monoisotopic (exact) mass is 344 g/mol. The molecule has 0 radical (unpaired) electrons. The van der Waals surface area contributed by atoms with Crippen molar-refractivity contribution < 1.29 is 14.4 Å². The SMILES string of the molecule is CN(C)[C@@H]1CN(C(=O)CCc2nc(-c3ccccc3)no2)C[C@H]1CO. The summed E-state index contributed by atoms with van der Waals surface area (Å²) in [5.41, 5.74) is 0.892. The van der Waals surface area contributed by atoms with Crippen LogP contribution in [0.2, 0.25) is 0 Å². The molecule has 0 aliphatic carbocycles. The second kappa shape index (κ2) is 7.76. The largest absolute Gasteiger partial charge is 0.396 e. The van der Waals surface area contributed by atoms with E-state index in [1.165, 1.54) is 0 Å². The molecule has 1 aliphatic heterocycles. The van der Waals surface area contributed by atoms with Crippen LogP contribution in [-0.2, 0) is 11.2 Å². The van der Waals surface area contributed by atoms with E-state index in [1.807, 2.05) is 49.3 Å². The predicted molar refractivity (Wildman–Crippen MR) is 92.7 cm³/mol. The van der Waals surface area contributed by atoms with Crippen LogP contribution >= 0.6 is 0 Å². The van der Waals surface area contributed by atoms with Crippen LogP contribution in [0.3, 0.4) is 0 Å². The van der Waals surface area contributed by atoms with Gasteiger partial charge in [0.1, 0.15) is 0 Å². The maximum Gasteiger partial charge on any atom is 0.227 e. The molecule has 1 N–H and O–H groups in total. The Hall–Kier alpha value is -2.25. The number of likely N-dealkylation sites (N-methyl/N-ethyl adjacent to an activating group) is 1. The number of hydrogen-bond acceptors (Lipinski definition) is 6. The number of carbonyl (C=O) groups excluding carboxylic acids is 1. The number of rotatable bonds is 6. The van der Waals surface area contributed by atoms with Crippen molar-refractivity contribution in [1.82, 2.24) is 19.9 Å². The van der Waals surface area contributed by atoms with Gasteiger partial charge in [-0.15, -0.1) is 0 Å². The van der Waals surface area contributed by atoms with E-state index in [2.05, 4.69) is 15.0 Å². The Morgan fingerprint density at radius 2 is 2.08 bits per heavy atom. The van der Waals surface area contributed by atoms with Crippen LogP contribution in [0.5, 0.6) is 0 Å². The Kier molecular flexibility index (Phi) is 5.45. The molecule has 2 heterocycles. The van der Waals surface area contributed by atoms with Gasteiger partial charge < -0.3 is 19.4 Å². The normalized spacial score (nSPS) is 20.4. The molecule has 1 fully saturated rings. The second-order valence-corrected chi connectivity index (χ2v) is 6.65. The first-order valence-electron chi connectivity index (χ1n) is 8.51. The molecule has 3 rings (SSSR count). The van der Waals surface area contributed by atoms with Crippen LogP contribution in [0.4, 0.5) is 0 Å². The fraction of sp³-hybridized carbons (Fsp3) is 0.500. The van der Waals surface area contributed by atoms with E-state index in [0.29, 0.717) is 37.6 Å². The fourth-order valence-electron chi connectivity index (χ4n) is 3.26. The van der Waals surface area contributed by atoms with Crippen molar-refractivity contribution >= 4 is 5.91 Å². The van der Waals surface area contributed by atoms with Crippen LogP contribution in [0, 0.1) is 5.92 Å². The lowest BCUT2D eigenvalue weighted by Gasteiger charge is -2.23. The molecule has 1 aliphatic rings. The molecule has 1 aromatic carbocycles. The molecule has 25 heavy (non-hydrogen) atoms. The predicted octanol–water partition coefficient (Wildman–Crippen LogP) is 1.05. The summed E-state index contributed by atoms with van der Waals surface area (Å²) in [5.74, 6) is 1.17. The first kappa shape index (κ1) is 17.6. The third-order valence-corrected chi connectivity index (χ3v) is 4.71. The molecular formula is C18H24N4O3. The number of carbonyl (C=O) groups is 1. The highest BCUT2D eigenvalue weighted by atomic mass is 16.5. The Bertz CT molecular complexity index is 701. The molecule has 0 bridgehead atoms. The molecule has 2 aromatic rings. The number of benzene rings is 1. The molecule has 0 spiro atoms. The zero-order chi connectivity index (χ0) is 17.8. The van der Waals surface area contributed by atoms with E-state index in [1.54, 1.807) is 0 Å². The Labute approximate surface area is 147 Å². The number of aromatic nitrogens is 2. The van der Waals surface area contributed by atoms with Crippen LogP contribution in [0.15, 0.2) is 34.9 Å². The number of nitrogens with zero attached hydrogens (tertiary/aromatic N) is 4. The summed E-state index contributed by atoms with van der Waals surface area (Å²) < 4.78 is 5.25. The highest BCUT2D eigenvalue weighted by Gasteiger charge is 2.35. The highest BCUT2D eigenvalue weighted by molar-refractivity contribution is 5.76. The van der Waals surface area contributed by atoms with Crippen molar-refractivity contribution in [1.29, 1.82) is 0 Å². The van der Waals surface area contributed by atoms with E-state index in [-0.39, 0.29) is 24.5 Å². The van der Waals surface area contributed by atoms with Gasteiger partial charge in [-0.2, -0.15) is 4.98 Å². The van der Waals surface area contributed by atoms with Gasteiger partial charge in [0, 0.05) is 50.1 Å². The summed E-state index contributed by atoms with van der Waals surface area (Å²) in [6, 6.07) is 9.80. The fourth-order valence-corrected chi connectivity index (χ4v) is 3.26. The zero-order valence-corrected chi connectivity index (χ0v) is 14.6. The lowest BCUT2D eigenvalue weighted by atomic mass is 10.0. The molecule has 0 saturated carbocycles. The van der Waals surface area contributed by atoms with E-state index in [4.69, 9.17) is 4.52 Å². The lowest BCUT2D eigenvalue weighted by molar-refractivity contribution is -0.130. The standard InChI is InChI=1S/C18H24N4O3/c1-21(2)15-11-22(10-14(15)12-23)17(24)9-8-16-19-18(20-25-16)13-6-4-3-5-7-13/h3-7,14-15,23H,8-12H2,1-2H3/t14-,15+/m0/s1. The second-order valence-electron chi connectivity index (χ2n) is 6.65. The molecule has 0 unspecified atom stereocenters. The molecule has 7 nitrogen and oxygen atoms in total. The van der Waals surface area contributed by atoms with Gasteiger partial charge >= 0.3 is 0 Å². The van der Waals surface area contributed by atoms with Gasteiger partial charge in [0.05, 0.1) is 0 Å². The van der Waals surface area contributed by atoms with Crippen LogP contribution < -0.4 is 0 Å². The minimum absolute atomic E-state index is 0.0576. The van der Waals surface area contributed by atoms with Gasteiger partial charge in [0.15, 0.2) is 0 Å². The lowest BCUT2D eigenvalue weighted by Crippen LogP contribution is -2.37. The molecule has 1 saturated heterocycles. The number of aliphatic hydroxyl groups excluding tert-OH is 1. The van der Waals surface area contributed by atoms with Crippen molar-refractivity contribution in [3.63, 3.8) is 0 Å². The number of likely N-dealkylation sites (tertiary alicyclic amines) is 1. The van der Waals surface area contributed by atoms with Crippen LogP contribution in [0.1, 0.15) is 12.3 Å². The average Bonchev–Trinajstić information content (AvgIpc) is 3.27. The molecule has 134 valence electrons. The Balaban J connectivity index is 1.56. The van der Waals surface area contributed by atoms with Gasteiger partial charge in [-0.1, -0.05) is 35.5 Å². The Morgan fingerprint density at radius 3 is 2.72 bits per heavy atom. The number of aryl methyl sites for hydroxylation is 1. The summed E-state index contributed by atoms with van der Waals surface area (Å²) in [5, 5.41) is 13.5. The maximum atomic E-state index is 12.5. The topological polar surface area (TPSA) is 82.7 Å². The molecular weight excluding hydrogens is 320 g/mol. The van der Waals surface area contributed by atoms with Crippen molar-refractivity contribution in [2.24, 2.45) is 5.92 Å². The summed E-state index contributed by atoms with van der Waals surface area (Å²) in [6.45, 7) is 1.34. The zero-order valence-electron chi connectivity index (χ0n) is 14.6. The average molecular weight is 344 g/mol. The van der Waals surface area contributed by atoms with Gasteiger partial charge in [0.25, 0.3) is 0 Å². The summed E-state index contributed by atoms with van der Waals surface area (Å²) >= 11 is 0. The maximum absolute atomic E-state index is 12.5. The van der Waals surface area contributed by atoms with Crippen molar-refractivity contribution in [2.45, 2.75) is 18.9 Å². The molecule has 7 heteroatoms. The summed E-state index contributed by atoms with van der Waals surface area (Å²) in [6.07, 6.45) is 0.750. The van der Waals surface area contributed by atoms with Crippen molar-refractivity contribution in [3.05, 3.63) is 36.2 Å². The minimum atomic E-state index is 0.0576. The van der Waals surface area contributed by atoms with Gasteiger partial charge in [-0.25, -0.2) is 0 Å². The minimum Gasteiger partial charge on any atom is -0.396 e. The Morgan fingerprint density at radius 1 is 1.32 bits per heavy atom.